The SMILES string of the molecule is Br.C1CCOC1.CCO.[CH2-]CCC=O.[Zn]. The zero-order valence-electron chi connectivity index (χ0n) is 9.61. The quantitative estimate of drug-likeness (QED) is 0.478. The van der Waals surface area contributed by atoms with Gasteiger partial charge in [-0.05, 0) is 26.2 Å². The van der Waals surface area contributed by atoms with Crippen molar-refractivity contribution in [3.63, 3.8) is 0 Å². The molecule has 1 aliphatic rings. The molecule has 0 bridgehead atoms. The molecule has 0 spiro atoms. The molecule has 0 saturated carbocycles. The number of hydrogen-bond acceptors (Lipinski definition) is 3. The summed E-state index contributed by atoms with van der Waals surface area (Å²) >= 11 is 0. The van der Waals surface area contributed by atoms with Gasteiger partial charge in [0.05, 0.1) is 0 Å². The summed E-state index contributed by atoms with van der Waals surface area (Å²) in [5.74, 6) is 0. The topological polar surface area (TPSA) is 46.5 Å². The summed E-state index contributed by atoms with van der Waals surface area (Å²) in [4.78, 5) is 9.36. The van der Waals surface area contributed by atoms with Crippen molar-refractivity contribution >= 4 is 23.3 Å². The van der Waals surface area contributed by atoms with Gasteiger partial charge in [0.1, 0.15) is 6.29 Å². The Bertz CT molecular complexity index is 83.1. The van der Waals surface area contributed by atoms with Gasteiger partial charge in [-0.25, -0.2) is 0 Å². The van der Waals surface area contributed by atoms with E-state index >= 15 is 0 Å². The van der Waals surface area contributed by atoms with Crippen molar-refractivity contribution in [3.05, 3.63) is 6.92 Å². The standard InChI is InChI=1S/C4H8O.C4H7O.C2H6O.BrH.Zn/c1-2-4-5-3-1;1-2-3-4-5;1-2-3;;/h1-4H2;4H,1-3H2;3H,2H2,1H3;1H;/q;-1;;;. The summed E-state index contributed by atoms with van der Waals surface area (Å²) in [6.07, 6.45) is 4.75. The van der Waals surface area contributed by atoms with Gasteiger partial charge in [0.25, 0.3) is 0 Å². The Morgan fingerprint density at radius 1 is 1.40 bits per heavy atom. The molecule has 1 rings (SSSR count). The Hall–Kier alpha value is 0.693. The molecule has 0 radical (unpaired) electrons. The monoisotopic (exact) mass is 333 g/mol. The van der Waals surface area contributed by atoms with Crippen molar-refractivity contribution in [1.29, 1.82) is 0 Å². The fraction of sp³-hybridized carbons (Fsp3) is 0.800. The number of aliphatic hydroxyl groups excluding tert-OH is 1. The van der Waals surface area contributed by atoms with Crippen LogP contribution in [0.3, 0.4) is 0 Å². The van der Waals surface area contributed by atoms with Gasteiger partial charge in [-0.1, -0.05) is 0 Å². The van der Waals surface area contributed by atoms with Crippen LogP contribution in [0.1, 0.15) is 32.6 Å². The molecule has 1 saturated heterocycles. The maximum Gasteiger partial charge on any atom is 0.117 e. The summed E-state index contributed by atoms with van der Waals surface area (Å²) in [7, 11) is 0. The van der Waals surface area contributed by atoms with E-state index in [4.69, 9.17) is 9.84 Å². The summed E-state index contributed by atoms with van der Waals surface area (Å²) in [5.41, 5.74) is 0. The Labute approximate surface area is 116 Å². The van der Waals surface area contributed by atoms with Crippen LogP contribution in [0, 0.1) is 6.92 Å². The van der Waals surface area contributed by atoms with E-state index in [0.717, 1.165) is 25.9 Å². The predicted octanol–water partition coefficient (Wildman–Crippen LogP) is 2.17. The summed E-state index contributed by atoms with van der Waals surface area (Å²) in [6.45, 7) is 7.37. The molecular weight excluding hydrogens is 313 g/mol. The second-order valence-electron chi connectivity index (χ2n) is 2.44. The zero-order chi connectivity index (χ0) is 10.4. The Morgan fingerprint density at radius 3 is 1.87 bits per heavy atom. The molecule has 0 aliphatic carbocycles. The number of hydrogen-bond donors (Lipinski definition) is 1. The molecule has 1 heterocycles. The third kappa shape index (κ3) is 40.0. The number of carbonyl (C=O) groups excluding carboxylic acids is 1. The van der Waals surface area contributed by atoms with E-state index in [1.54, 1.807) is 6.92 Å². The first-order chi connectivity index (χ1) is 6.33. The molecule has 0 aromatic rings. The van der Waals surface area contributed by atoms with E-state index in [-0.39, 0.29) is 43.1 Å². The number of aldehydes is 1. The minimum absolute atomic E-state index is 0. The van der Waals surface area contributed by atoms with Gasteiger partial charge in [-0.2, -0.15) is 6.42 Å². The molecule has 0 atom stereocenters. The van der Waals surface area contributed by atoms with E-state index in [9.17, 15) is 4.79 Å². The minimum atomic E-state index is 0. The van der Waals surface area contributed by atoms with Gasteiger partial charge in [0.2, 0.25) is 0 Å². The number of unbranched alkanes of at least 4 members (excludes halogenated alkanes) is 1. The van der Waals surface area contributed by atoms with Gasteiger partial charge in [-0.3, -0.25) is 0 Å². The van der Waals surface area contributed by atoms with Crippen molar-refractivity contribution in [2.75, 3.05) is 19.8 Å². The van der Waals surface area contributed by atoms with Crippen LogP contribution in [-0.2, 0) is 29.0 Å². The molecule has 1 fully saturated rings. The first kappa shape index (κ1) is 24.8. The fourth-order valence-corrected chi connectivity index (χ4v) is 0.594. The number of rotatable bonds is 2. The van der Waals surface area contributed by atoms with Gasteiger partial charge in [-0.15, -0.1) is 17.0 Å². The third-order valence-corrected chi connectivity index (χ3v) is 1.15. The van der Waals surface area contributed by atoms with Crippen molar-refractivity contribution in [1.82, 2.24) is 0 Å². The van der Waals surface area contributed by atoms with Crippen LogP contribution in [0.25, 0.3) is 0 Å². The van der Waals surface area contributed by atoms with Crippen molar-refractivity contribution in [3.8, 4) is 0 Å². The normalized spacial score (nSPS) is 11.7. The molecule has 0 aromatic carbocycles. The van der Waals surface area contributed by atoms with Crippen LogP contribution in [0.4, 0.5) is 0 Å². The van der Waals surface area contributed by atoms with E-state index in [2.05, 4.69) is 6.92 Å². The minimum Gasteiger partial charge on any atom is -0.397 e. The van der Waals surface area contributed by atoms with Crippen LogP contribution in [0.15, 0.2) is 0 Å². The van der Waals surface area contributed by atoms with Gasteiger partial charge in [0.15, 0.2) is 0 Å². The van der Waals surface area contributed by atoms with Crippen LogP contribution in [0.2, 0.25) is 0 Å². The summed E-state index contributed by atoms with van der Waals surface area (Å²) in [6, 6.07) is 0. The maximum atomic E-state index is 9.36. The van der Waals surface area contributed by atoms with Gasteiger partial charge < -0.3 is 21.6 Å². The average molecular weight is 336 g/mol. The largest absolute Gasteiger partial charge is 0.397 e. The Kier molecular flexibility index (Phi) is 48.4. The molecule has 0 amide bonds. The first-order valence-electron chi connectivity index (χ1n) is 4.74. The molecule has 1 aliphatic heterocycles. The smallest absolute Gasteiger partial charge is 0.117 e. The van der Waals surface area contributed by atoms with E-state index in [1.807, 2.05) is 0 Å². The second kappa shape index (κ2) is 29.3. The number of aliphatic hydroxyl groups is 1. The molecule has 3 nitrogen and oxygen atoms in total. The van der Waals surface area contributed by atoms with Crippen LogP contribution in [-0.4, -0.2) is 31.2 Å². The molecule has 15 heavy (non-hydrogen) atoms. The molecule has 90 valence electrons. The van der Waals surface area contributed by atoms with Crippen LogP contribution in [0.5, 0.6) is 0 Å². The summed E-state index contributed by atoms with van der Waals surface area (Å²) in [5, 5.41) is 7.57. The number of halogens is 1. The first-order valence-corrected chi connectivity index (χ1v) is 4.74. The average Bonchev–Trinajstić information content (AvgIpc) is 2.64. The number of carbonyl (C=O) groups is 1. The molecule has 5 heteroatoms. The number of ether oxygens (including phenoxy) is 1. The maximum absolute atomic E-state index is 9.36. The summed E-state index contributed by atoms with van der Waals surface area (Å²) < 4.78 is 4.94. The molecule has 0 unspecified atom stereocenters. The van der Waals surface area contributed by atoms with E-state index < -0.39 is 0 Å². The van der Waals surface area contributed by atoms with Crippen LogP contribution >= 0.6 is 17.0 Å². The molecular formula is C10H22BrO3Zn-. The Balaban J connectivity index is -0.0000000587. The third-order valence-electron chi connectivity index (χ3n) is 1.15. The fourth-order valence-electron chi connectivity index (χ4n) is 0.594. The van der Waals surface area contributed by atoms with Gasteiger partial charge >= 0.3 is 0 Å². The predicted molar refractivity (Wildman–Crippen MR) is 63.8 cm³/mol. The second-order valence-corrected chi connectivity index (χ2v) is 2.44. The van der Waals surface area contributed by atoms with Crippen LogP contribution < -0.4 is 0 Å². The molecule has 0 aromatic heterocycles. The van der Waals surface area contributed by atoms with E-state index in [1.165, 1.54) is 12.8 Å². The van der Waals surface area contributed by atoms with Gasteiger partial charge in [0, 0.05) is 39.3 Å². The van der Waals surface area contributed by atoms with Crippen molar-refractivity contribution < 1.29 is 34.1 Å². The molecule has 1 N–H and O–H groups in total. The zero-order valence-corrected chi connectivity index (χ0v) is 14.3. The van der Waals surface area contributed by atoms with Crippen molar-refractivity contribution in [2.24, 2.45) is 0 Å². The van der Waals surface area contributed by atoms with Crippen molar-refractivity contribution in [2.45, 2.75) is 32.6 Å². The Morgan fingerprint density at radius 2 is 1.80 bits per heavy atom. The van der Waals surface area contributed by atoms with E-state index in [0.29, 0.717) is 6.42 Å².